The summed E-state index contributed by atoms with van der Waals surface area (Å²) in [5.74, 6) is 1.16. The summed E-state index contributed by atoms with van der Waals surface area (Å²) in [5.41, 5.74) is 0. The molecule has 3 heterocycles. The number of hydrogen-bond acceptors (Lipinski definition) is 6. The maximum atomic E-state index is 13.0. The van der Waals surface area contributed by atoms with Crippen molar-refractivity contribution in [2.24, 2.45) is 0 Å². The second-order valence-corrected chi connectivity index (χ2v) is 7.09. The van der Waals surface area contributed by atoms with Gasteiger partial charge in [0.05, 0.1) is 24.0 Å². The summed E-state index contributed by atoms with van der Waals surface area (Å²) in [6.45, 7) is 2.96. The van der Waals surface area contributed by atoms with E-state index in [0.29, 0.717) is 29.6 Å². The summed E-state index contributed by atoms with van der Waals surface area (Å²) in [6.07, 6.45) is 3.43. The molecule has 0 bridgehead atoms. The van der Waals surface area contributed by atoms with Crippen molar-refractivity contribution in [2.75, 3.05) is 13.1 Å². The fourth-order valence-corrected chi connectivity index (χ4v) is 3.41. The molecule has 3 atom stereocenters. The van der Waals surface area contributed by atoms with Crippen molar-refractivity contribution in [3.63, 3.8) is 0 Å². The Labute approximate surface area is 162 Å². The number of piperidine rings is 1. The number of carbonyl (C=O) groups excluding carboxylic acids is 1. The van der Waals surface area contributed by atoms with Crippen LogP contribution in [-0.4, -0.2) is 52.2 Å². The van der Waals surface area contributed by atoms with Crippen molar-refractivity contribution in [1.29, 1.82) is 0 Å². The first kappa shape index (κ1) is 17.9. The van der Waals surface area contributed by atoms with Gasteiger partial charge in [-0.15, -0.1) is 0 Å². The molecule has 27 heavy (non-hydrogen) atoms. The number of aromatic nitrogens is 2. The molecule has 1 amide bonds. The zero-order valence-corrected chi connectivity index (χ0v) is 15.6. The van der Waals surface area contributed by atoms with Crippen LogP contribution in [0.4, 0.5) is 0 Å². The van der Waals surface area contributed by atoms with Crippen LogP contribution in [0.1, 0.15) is 19.8 Å². The number of benzene rings is 1. The lowest BCUT2D eigenvalue weighted by molar-refractivity contribution is -0.147. The molecule has 2 aromatic rings. The van der Waals surface area contributed by atoms with Crippen LogP contribution in [-0.2, 0) is 4.79 Å². The molecule has 8 heteroatoms. The summed E-state index contributed by atoms with van der Waals surface area (Å²) in [4.78, 5) is 22.9. The normalized spacial score (nSPS) is 24.4. The third kappa shape index (κ3) is 3.93. The molecule has 142 valence electrons. The number of carbonyl (C=O) groups is 1. The molecular formula is C19H20ClN3O4. The van der Waals surface area contributed by atoms with E-state index in [1.807, 2.05) is 31.2 Å². The van der Waals surface area contributed by atoms with Gasteiger partial charge in [0.2, 0.25) is 6.10 Å². The second kappa shape index (κ2) is 7.60. The van der Waals surface area contributed by atoms with Gasteiger partial charge in [0.15, 0.2) is 11.5 Å². The number of nitrogens with zero attached hydrogens (tertiary/aromatic N) is 3. The number of likely N-dealkylation sites (tertiary alicyclic amines) is 1. The summed E-state index contributed by atoms with van der Waals surface area (Å²) < 4.78 is 17.6. The van der Waals surface area contributed by atoms with Crippen LogP contribution in [0.15, 0.2) is 36.7 Å². The van der Waals surface area contributed by atoms with Gasteiger partial charge in [-0.3, -0.25) is 4.79 Å². The van der Waals surface area contributed by atoms with E-state index in [4.69, 9.17) is 25.8 Å². The zero-order chi connectivity index (χ0) is 18.8. The quantitative estimate of drug-likeness (QED) is 0.803. The first-order chi connectivity index (χ1) is 13.1. The molecule has 0 aliphatic carbocycles. The number of fused-ring (bicyclic) bond motifs is 1. The molecule has 0 radical (unpaired) electrons. The maximum Gasteiger partial charge on any atom is 0.316 e. The molecule has 0 N–H and O–H groups in total. The van der Waals surface area contributed by atoms with Crippen LogP contribution in [0.25, 0.3) is 0 Å². The molecule has 2 aliphatic rings. The van der Waals surface area contributed by atoms with Crippen LogP contribution in [0.3, 0.4) is 0 Å². The van der Waals surface area contributed by atoms with E-state index in [2.05, 4.69) is 9.97 Å². The van der Waals surface area contributed by atoms with Gasteiger partial charge in [-0.25, -0.2) is 9.97 Å². The van der Waals surface area contributed by atoms with Crippen LogP contribution in [0, 0.1) is 0 Å². The topological polar surface area (TPSA) is 73.8 Å². The lowest BCUT2D eigenvalue weighted by Gasteiger charge is -2.37. The summed E-state index contributed by atoms with van der Waals surface area (Å²) in [6, 6.07) is 7.64. The highest BCUT2D eigenvalue weighted by atomic mass is 35.5. The third-order valence-corrected chi connectivity index (χ3v) is 4.84. The van der Waals surface area contributed by atoms with E-state index in [0.717, 1.165) is 12.8 Å². The van der Waals surface area contributed by atoms with Gasteiger partial charge in [0.1, 0.15) is 12.2 Å². The van der Waals surface area contributed by atoms with E-state index in [1.165, 1.54) is 12.4 Å². The Morgan fingerprint density at radius 1 is 1.22 bits per heavy atom. The van der Waals surface area contributed by atoms with Gasteiger partial charge in [-0.2, -0.15) is 0 Å². The minimum absolute atomic E-state index is 0.0951. The number of hydrogen-bond donors (Lipinski definition) is 0. The average molecular weight is 390 g/mol. The maximum absolute atomic E-state index is 13.0. The molecule has 4 rings (SSSR count). The number of ether oxygens (including phenoxy) is 3. The molecule has 1 fully saturated rings. The van der Waals surface area contributed by atoms with Crippen molar-refractivity contribution in [3.05, 3.63) is 41.7 Å². The second-order valence-electron chi connectivity index (χ2n) is 6.66. The van der Waals surface area contributed by atoms with Crippen LogP contribution in [0.5, 0.6) is 17.5 Å². The lowest BCUT2D eigenvalue weighted by Crippen LogP contribution is -2.54. The summed E-state index contributed by atoms with van der Waals surface area (Å²) in [5, 5.41) is 0.450. The van der Waals surface area contributed by atoms with Gasteiger partial charge in [0.25, 0.3) is 5.91 Å². The van der Waals surface area contributed by atoms with Crippen molar-refractivity contribution >= 4 is 17.5 Å². The van der Waals surface area contributed by atoms with Gasteiger partial charge < -0.3 is 19.1 Å². The Morgan fingerprint density at radius 2 is 1.93 bits per heavy atom. The molecule has 1 aromatic carbocycles. The highest BCUT2D eigenvalue weighted by molar-refractivity contribution is 6.30. The average Bonchev–Trinajstić information content (AvgIpc) is 2.69. The van der Waals surface area contributed by atoms with Crippen LogP contribution >= 0.6 is 11.6 Å². The minimum atomic E-state index is -0.676. The lowest BCUT2D eigenvalue weighted by atomic mass is 10.1. The van der Waals surface area contributed by atoms with E-state index in [9.17, 15) is 4.79 Å². The van der Waals surface area contributed by atoms with Gasteiger partial charge in [0, 0.05) is 6.54 Å². The predicted molar refractivity (Wildman–Crippen MR) is 98.2 cm³/mol. The third-order valence-electron chi connectivity index (χ3n) is 4.64. The number of amides is 1. The Morgan fingerprint density at radius 3 is 2.67 bits per heavy atom. The fourth-order valence-electron chi connectivity index (χ4n) is 3.32. The molecule has 0 spiro atoms. The van der Waals surface area contributed by atoms with Crippen molar-refractivity contribution in [2.45, 2.75) is 38.1 Å². The number of halogens is 1. The van der Waals surface area contributed by atoms with Gasteiger partial charge in [-0.1, -0.05) is 23.7 Å². The molecule has 7 nitrogen and oxygen atoms in total. The Balaban J connectivity index is 1.42. The van der Waals surface area contributed by atoms with E-state index >= 15 is 0 Å². The highest BCUT2D eigenvalue weighted by Crippen LogP contribution is 2.34. The number of para-hydroxylation sites is 2. The van der Waals surface area contributed by atoms with Crippen LogP contribution in [0.2, 0.25) is 5.02 Å². The SMILES string of the molecule is CC1Oc2ccccc2OC1C(=O)N1CCCC(Oc2ncc(Cl)cn2)C1. The Kier molecular flexibility index (Phi) is 5.03. The Hall–Kier alpha value is -2.54. The largest absolute Gasteiger partial charge is 0.482 e. The molecular weight excluding hydrogens is 370 g/mol. The molecule has 2 aliphatic heterocycles. The molecule has 3 unspecified atom stereocenters. The summed E-state index contributed by atoms with van der Waals surface area (Å²) >= 11 is 5.80. The van der Waals surface area contributed by atoms with Crippen molar-refractivity contribution < 1.29 is 19.0 Å². The monoisotopic (exact) mass is 389 g/mol. The van der Waals surface area contributed by atoms with Crippen molar-refractivity contribution in [3.8, 4) is 17.5 Å². The number of rotatable bonds is 3. The van der Waals surface area contributed by atoms with Crippen molar-refractivity contribution in [1.82, 2.24) is 14.9 Å². The van der Waals surface area contributed by atoms with E-state index < -0.39 is 6.10 Å². The van der Waals surface area contributed by atoms with E-state index in [-0.39, 0.29) is 24.1 Å². The minimum Gasteiger partial charge on any atom is -0.482 e. The van der Waals surface area contributed by atoms with Gasteiger partial charge >= 0.3 is 6.01 Å². The standard InChI is InChI=1S/C19H20ClN3O4/c1-12-17(27-16-7-3-2-6-15(16)25-12)18(24)23-8-4-5-14(11-23)26-19-21-9-13(20)10-22-19/h2-3,6-7,9-10,12,14,17H,4-5,8,11H2,1H3. The first-order valence-electron chi connectivity index (χ1n) is 8.95. The molecule has 0 saturated carbocycles. The highest BCUT2D eigenvalue weighted by Gasteiger charge is 2.38. The summed E-state index contributed by atoms with van der Waals surface area (Å²) in [7, 11) is 0. The molecule has 1 saturated heterocycles. The Bertz CT molecular complexity index is 817. The fraction of sp³-hybridized carbons (Fsp3) is 0.421. The smallest absolute Gasteiger partial charge is 0.316 e. The van der Waals surface area contributed by atoms with Crippen LogP contribution < -0.4 is 14.2 Å². The molecule has 1 aromatic heterocycles. The van der Waals surface area contributed by atoms with Gasteiger partial charge in [-0.05, 0) is 31.9 Å². The predicted octanol–water partition coefficient (Wildman–Crippen LogP) is 2.73. The zero-order valence-electron chi connectivity index (χ0n) is 14.9. The van der Waals surface area contributed by atoms with E-state index in [1.54, 1.807) is 4.90 Å². The first-order valence-corrected chi connectivity index (χ1v) is 9.33.